The fraction of sp³-hybridized carbons (Fsp3) is 0.333. The van der Waals surface area contributed by atoms with Crippen molar-refractivity contribution in [3.63, 3.8) is 0 Å². The van der Waals surface area contributed by atoms with Gasteiger partial charge in [0.05, 0.1) is 6.04 Å². The Morgan fingerprint density at radius 2 is 1.22 bits per heavy atom. The minimum absolute atomic E-state index is 0.0291. The zero-order valence-electron chi connectivity index (χ0n) is 19.3. The fourth-order valence-corrected chi connectivity index (χ4v) is 3.65. The second kappa shape index (κ2) is 14.4. The molecule has 4 atom stereocenters. The number of aliphatic carboxylic acids is 1. The number of nitrogens with one attached hydrogen (secondary N) is 3. The lowest BCUT2D eigenvalue weighted by Crippen LogP contribution is -2.58. The molecule has 7 N–H and O–H groups in total. The van der Waals surface area contributed by atoms with Gasteiger partial charge in [-0.3, -0.25) is 14.4 Å². The third kappa shape index (κ3) is 9.10. The quantitative estimate of drug-likeness (QED) is 0.166. The number of nitrogens with two attached hydrogens (primary N) is 1. The van der Waals surface area contributed by atoms with Gasteiger partial charge >= 0.3 is 5.97 Å². The van der Waals surface area contributed by atoms with E-state index in [0.29, 0.717) is 5.56 Å². The van der Waals surface area contributed by atoms with Gasteiger partial charge in [0.2, 0.25) is 17.7 Å². The number of aromatic hydroxyl groups is 1. The molecule has 2 aromatic carbocycles. The Hall–Kier alpha value is -3.22. The van der Waals surface area contributed by atoms with Gasteiger partial charge < -0.3 is 31.9 Å². The molecule has 0 saturated carbocycles. The Kier molecular flexibility index (Phi) is 11.6. The summed E-state index contributed by atoms with van der Waals surface area (Å²) in [6.45, 7) is 0. The van der Waals surface area contributed by atoms with E-state index in [1.165, 1.54) is 12.1 Å². The number of thiol groups is 2. The highest BCUT2D eigenvalue weighted by Gasteiger charge is 2.30. The van der Waals surface area contributed by atoms with E-state index in [2.05, 4.69) is 41.2 Å². The highest BCUT2D eigenvalue weighted by atomic mass is 32.1. The van der Waals surface area contributed by atoms with Crippen LogP contribution in [-0.4, -0.2) is 69.6 Å². The van der Waals surface area contributed by atoms with Crippen molar-refractivity contribution in [2.24, 2.45) is 5.73 Å². The Bertz CT molecular complexity index is 1040. The molecule has 2 rings (SSSR count). The number of carbonyl (C=O) groups excluding carboxylic acids is 3. The van der Waals surface area contributed by atoms with Gasteiger partial charge in [0.15, 0.2) is 0 Å². The molecule has 12 heteroatoms. The van der Waals surface area contributed by atoms with Crippen LogP contribution in [0.3, 0.4) is 0 Å². The zero-order valence-corrected chi connectivity index (χ0v) is 21.1. The maximum absolute atomic E-state index is 13.2. The number of benzene rings is 2. The first-order chi connectivity index (χ1) is 17.1. The average molecular weight is 535 g/mol. The second-order valence-corrected chi connectivity index (χ2v) is 8.78. The van der Waals surface area contributed by atoms with E-state index in [0.717, 1.165) is 5.56 Å². The van der Waals surface area contributed by atoms with Crippen LogP contribution in [0.2, 0.25) is 0 Å². The molecule has 0 aromatic heterocycles. The first-order valence-corrected chi connectivity index (χ1v) is 12.3. The van der Waals surface area contributed by atoms with Crippen LogP contribution in [0, 0.1) is 0 Å². The highest BCUT2D eigenvalue weighted by molar-refractivity contribution is 7.80. The van der Waals surface area contributed by atoms with Crippen LogP contribution in [0.5, 0.6) is 5.75 Å². The summed E-state index contributed by atoms with van der Waals surface area (Å²) in [5, 5.41) is 26.6. The topological polar surface area (TPSA) is 171 Å². The molecule has 3 amide bonds. The molecule has 194 valence electrons. The van der Waals surface area contributed by atoms with Crippen LogP contribution in [-0.2, 0) is 32.0 Å². The summed E-state index contributed by atoms with van der Waals surface area (Å²) in [5.74, 6) is -3.20. The van der Waals surface area contributed by atoms with Gasteiger partial charge in [0, 0.05) is 24.3 Å². The Morgan fingerprint density at radius 1 is 0.722 bits per heavy atom. The lowest BCUT2D eigenvalue weighted by atomic mass is 10.0. The van der Waals surface area contributed by atoms with Crippen LogP contribution in [0.1, 0.15) is 11.1 Å². The molecule has 0 spiro atoms. The normalized spacial score (nSPS) is 14.1. The van der Waals surface area contributed by atoms with E-state index in [1.54, 1.807) is 42.5 Å². The van der Waals surface area contributed by atoms with Crippen molar-refractivity contribution in [3.8, 4) is 5.75 Å². The van der Waals surface area contributed by atoms with Crippen LogP contribution in [0.4, 0.5) is 0 Å². The molecule has 4 unspecified atom stereocenters. The molecule has 2 aromatic rings. The predicted octanol–water partition coefficient (Wildman–Crippen LogP) is -0.0967. The first-order valence-electron chi connectivity index (χ1n) is 11.1. The minimum Gasteiger partial charge on any atom is -0.508 e. The van der Waals surface area contributed by atoms with Gasteiger partial charge in [-0.2, -0.15) is 25.3 Å². The van der Waals surface area contributed by atoms with Gasteiger partial charge in [-0.25, -0.2) is 4.79 Å². The van der Waals surface area contributed by atoms with E-state index in [1.807, 2.05) is 0 Å². The molecule has 36 heavy (non-hydrogen) atoms. The summed E-state index contributed by atoms with van der Waals surface area (Å²) in [5.41, 5.74) is 6.96. The van der Waals surface area contributed by atoms with Crippen molar-refractivity contribution in [2.75, 3.05) is 11.5 Å². The monoisotopic (exact) mass is 534 g/mol. The van der Waals surface area contributed by atoms with Crippen LogP contribution in [0.15, 0.2) is 54.6 Å². The summed E-state index contributed by atoms with van der Waals surface area (Å²) in [4.78, 5) is 50.0. The average Bonchev–Trinajstić information content (AvgIpc) is 2.87. The number of phenols is 1. The molecule has 0 fully saturated rings. The Labute approximate surface area is 219 Å². The number of hydrogen-bond acceptors (Lipinski definition) is 8. The predicted molar refractivity (Wildman–Crippen MR) is 141 cm³/mol. The van der Waals surface area contributed by atoms with Crippen molar-refractivity contribution >= 4 is 48.9 Å². The van der Waals surface area contributed by atoms with Crippen LogP contribution < -0.4 is 21.7 Å². The molecule has 0 aliphatic rings. The molecule has 0 bridgehead atoms. The van der Waals surface area contributed by atoms with Crippen molar-refractivity contribution in [2.45, 2.75) is 37.0 Å². The van der Waals surface area contributed by atoms with Crippen molar-refractivity contribution in [3.05, 3.63) is 65.7 Å². The van der Waals surface area contributed by atoms with Crippen molar-refractivity contribution in [1.82, 2.24) is 16.0 Å². The van der Waals surface area contributed by atoms with E-state index >= 15 is 0 Å². The first kappa shape index (κ1) is 29.0. The van der Waals surface area contributed by atoms with Crippen LogP contribution >= 0.6 is 25.3 Å². The van der Waals surface area contributed by atoms with Gasteiger partial charge in [-0.15, -0.1) is 0 Å². The zero-order chi connectivity index (χ0) is 26.7. The van der Waals surface area contributed by atoms with Gasteiger partial charge in [0.25, 0.3) is 0 Å². The number of amides is 3. The number of hydrogen-bond donors (Lipinski definition) is 8. The lowest BCUT2D eigenvalue weighted by molar-refractivity contribution is -0.142. The molecular formula is C24H30N4O6S2. The van der Waals surface area contributed by atoms with E-state index in [4.69, 9.17) is 5.73 Å². The summed E-state index contributed by atoms with van der Waals surface area (Å²) in [6.07, 6.45) is 0.0393. The maximum Gasteiger partial charge on any atom is 0.326 e. The third-order valence-electron chi connectivity index (χ3n) is 5.26. The van der Waals surface area contributed by atoms with Crippen molar-refractivity contribution in [1.29, 1.82) is 0 Å². The number of carboxylic acid groups (broad SMARTS) is 1. The Balaban J connectivity index is 2.19. The van der Waals surface area contributed by atoms with Crippen LogP contribution in [0.25, 0.3) is 0 Å². The number of carbonyl (C=O) groups is 4. The third-order valence-corrected chi connectivity index (χ3v) is 6.01. The van der Waals surface area contributed by atoms with Crippen molar-refractivity contribution < 1.29 is 29.4 Å². The van der Waals surface area contributed by atoms with E-state index in [-0.39, 0.29) is 30.1 Å². The molecular weight excluding hydrogens is 504 g/mol. The van der Waals surface area contributed by atoms with Gasteiger partial charge in [-0.1, -0.05) is 42.5 Å². The number of phenolic OH excluding ortho intramolecular Hbond substituents is 1. The highest BCUT2D eigenvalue weighted by Crippen LogP contribution is 2.12. The summed E-state index contributed by atoms with van der Waals surface area (Å²) >= 11 is 8.08. The second-order valence-electron chi connectivity index (χ2n) is 8.05. The van der Waals surface area contributed by atoms with Gasteiger partial charge in [0.1, 0.15) is 23.9 Å². The maximum atomic E-state index is 13.2. The number of carboxylic acids is 1. The summed E-state index contributed by atoms with van der Waals surface area (Å²) in [6, 6.07) is 10.4. The Morgan fingerprint density at radius 3 is 1.78 bits per heavy atom. The lowest BCUT2D eigenvalue weighted by Gasteiger charge is -2.24. The smallest absolute Gasteiger partial charge is 0.326 e. The molecule has 0 radical (unpaired) electrons. The van der Waals surface area contributed by atoms with E-state index in [9.17, 15) is 29.4 Å². The molecule has 0 heterocycles. The molecule has 0 aliphatic heterocycles. The SMILES string of the molecule is NC(CS)C(=O)NC(CS)C(=O)NC(Cc1ccccc1)C(=O)NC(Cc1ccc(O)cc1)C(=O)O. The fourth-order valence-electron chi connectivity index (χ4n) is 3.23. The molecule has 10 nitrogen and oxygen atoms in total. The number of rotatable bonds is 13. The standard InChI is InChI=1S/C24H30N4O6S2/c25-17(12-35)21(30)28-20(13-36)23(32)26-18(10-14-4-2-1-3-5-14)22(31)27-19(24(33)34)11-15-6-8-16(29)9-7-15/h1-9,17-20,29,35-36H,10-13,25H2,(H,26,32)(H,27,31)(H,28,30)(H,33,34). The molecule has 0 saturated heterocycles. The summed E-state index contributed by atoms with van der Waals surface area (Å²) < 4.78 is 0. The van der Waals surface area contributed by atoms with E-state index < -0.39 is 47.9 Å². The summed E-state index contributed by atoms with van der Waals surface area (Å²) in [7, 11) is 0. The van der Waals surface area contributed by atoms with Gasteiger partial charge in [-0.05, 0) is 23.3 Å². The largest absolute Gasteiger partial charge is 0.508 e. The minimum atomic E-state index is -1.29. The molecule has 0 aliphatic carbocycles.